The molecule has 0 aromatic heterocycles. The number of hydrogen-bond acceptors (Lipinski definition) is 3. The summed E-state index contributed by atoms with van der Waals surface area (Å²) >= 11 is 0. The monoisotopic (exact) mass is 266 g/mol. The third kappa shape index (κ3) is 2.95. The molecule has 0 bridgehead atoms. The van der Waals surface area contributed by atoms with Crippen molar-refractivity contribution >= 4 is 28.3 Å². The second-order valence-corrected chi connectivity index (χ2v) is 5.68. The van der Waals surface area contributed by atoms with Crippen molar-refractivity contribution in [3.8, 4) is 0 Å². The van der Waals surface area contributed by atoms with Gasteiger partial charge in [0.1, 0.15) is 0 Å². The molecule has 2 N–H and O–H groups in total. The molecule has 0 saturated heterocycles. The van der Waals surface area contributed by atoms with E-state index in [1.54, 1.807) is 24.5 Å². The Labute approximate surface area is 107 Å². The molecule has 1 unspecified atom stereocenters. The number of amides is 2. The molecule has 5 nitrogen and oxygen atoms in total. The van der Waals surface area contributed by atoms with Crippen LogP contribution in [0, 0.1) is 0 Å². The fraction of sp³-hybridized carbons (Fsp3) is 0.333. The summed E-state index contributed by atoms with van der Waals surface area (Å²) in [4.78, 5) is 23.0. The number of nitrogens with one attached hydrogen (secondary N) is 2. The first-order valence-corrected chi connectivity index (χ1v) is 7.30. The molecule has 0 radical (unpaired) electrons. The zero-order chi connectivity index (χ0) is 13.1. The molecule has 0 saturated carbocycles. The lowest BCUT2D eigenvalue weighted by Crippen LogP contribution is -2.27. The third-order valence-corrected chi connectivity index (χ3v) is 3.45. The zero-order valence-electron chi connectivity index (χ0n) is 9.99. The normalized spacial score (nSPS) is 14.8. The van der Waals surface area contributed by atoms with E-state index >= 15 is 0 Å². The highest BCUT2D eigenvalue weighted by molar-refractivity contribution is 7.84. The van der Waals surface area contributed by atoms with Crippen LogP contribution >= 0.6 is 0 Å². The Morgan fingerprint density at radius 1 is 1.50 bits per heavy atom. The Kier molecular flexibility index (Phi) is 3.76. The number of benzene rings is 1. The topological polar surface area (TPSA) is 75.3 Å². The molecule has 2 rings (SSSR count). The Morgan fingerprint density at radius 2 is 2.28 bits per heavy atom. The van der Waals surface area contributed by atoms with Crippen LogP contribution in [0.25, 0.3) is 0 Å². The quantitative estimate of drug-likeness (QED) is 0.822. The van der Waals surface area contributed by atoms with Crippen LogP contribution in [0.2, 0.25) is 0 Å². The predicted molar refractivity (Wildman–Crippen MR) is 70.0 cm³/mol. The van der Waals surface area contributed by atoms with Crippen LogP contribution in [0.4, 0.5) is 5.69 Å². The van der Waals surface area contributed by atoms with E-state index in [9.17, 15) is 13.8 Å². The molecule has 0 fully saturated rings. The van der Waals surface area contributed by atoms with Crippen molar-refractivity contribution in [1.82, 2.24) is 5.32 Å². The predicted octanol–water partition coefficient (Wildman–Crippen LogP) is 0.289. The molecule has 1 aromatic carbocycles. The maximum Gasteiger partial charge on any atom is 0.251 e. The molecule has 2 amide bonds. The summed E-state index contributed by atoms with van der Waals surface area (Å²) in [7, 11) is -0.912. The molecule has 1 aliphatic rings. The number of carbonyl (C=O) groups excluding carboxylic acids is 2. The van der Waals surface area contributed by atoms with Crippen molar-refractivity contribution in [3.05, 3.63) is 29.3 Å². The molecule has 18 heavy (non-hydrogen) atoms. The summed E-state index contributed by atoms with van der Waals surface area (Å²) in [6.07, 6.45) is 1.91. The summed E-state index contributed by atoms with van der Waals surface area (Å²) in [6, 6.07) is 5.11. The van der Waals surface area contributed by atoms with Gasteiger partial charge in [-0.3, -0.25) is 13.8 Å². The zero-order valence-corrected chi connectivity index (χ0v) is 10.8. The van der Waals surface area contributed by atoms with Crippen LogP contribution in [0.15, 0.2) is 18.2 Å². The summed E-state index contributed by atoms with van der Waals surface area (Å²) in [5, 5.41) is 5.41. The van der Waals surface area contributed by atoms with Gasteiger partial charge in [-0.2, -0.15) is 0 Å². The second-order valence-electron chi connectivity index (χ2n) is 4.13. The van der Waals surface area contributed by atoms with E-state index in [1.165, 1.54) is 0 Å². The van der Waals surface area contributed by atoms with Gasteiger partial charge in [-0.25, -0.2) is 0 Å². The van der Waals surface area contributed by atoms with E-state index in [0.29, 0.717) is 24.3 Å². The standard InChI is InChI=1S/C12H14N2O3S/c1-18(17)5-4-13-12(16)8-2-3-10-9(6-8)7-11(15)14-10/h2-3,6H,4-5,7H2,1H3,(H,13,16)(H,14,15). The Hall–Kier alpha value is -1.69. The molecule has 1 heterocycles. The molecule has 0 aliphatic carbocycles. The Balaban J connectivity index is 2.01. The van der Waals surface area contributed by atoms with E-state index in [-0.39, 0.29) is 11.8 Å². The van der Waals surface area contributed by atoms with Crippen molar-refractivity contribution in [3.63, 3.8) is 0 Å². The van der Waals surface area contributed by atoms with Gasteiger partial charge in [-0.1, -0.05) is 0 Å². The SMILES string of the molecule is CS(=O)CCNC(=O)c1ccc2c(c1)CC(=O)N2. The number of carbonyl (C=O) groups is 2. The highest BCUT2D eigenvalue weighted by Gasteiger charge is 2.18. The number of fused-ring (bicyclic) bond motifs is 1. The molecule has 1 aromatic rings. The van der Waals surface area contributed by atoms with Crippen molar-refractivity contribution in [2.75, 3.05) is 23.9 Å². The molecular weight excluding hydrogens is 252 g/mol. The lowest BCUT2D eigenvalue weighted by molar-refractivity contribution is -0.115. The lowest BCUT2D eigenvalue weighted by atomic mass is 10.1. The van der Waals surface area contributed by atoms with Gasteiger partial charge in [0.15, 0.2) is 0 Å². The molecule has 96 valence electrons. The van der Waals surface area contributed by atoms with E-state index in [4.69, 9.17) is 0 Å². The maximum absolute atomic E-state index is 11.8. The average molecular weight is 266 g/mol. The van der Waals surface area contributed by atoms with Crippen molar-refractivity contribution < 1.29 is 13.8 Å². The van der Waals surface area contributed by atoms with E-state index < -0.39 is 10.8 Å². The first-order valence-electron chi connectivity index (χ1n) is 5.57. The van der Waals surface area contributed by atoms with Gasteiger partial charge < -0.3 is 10.6 Å². The van der Waals surface area contributed by atoms with Gasteiger partial charge in [-0.15, -0.1) is 0 Å². The van der Waals surface area contributed by atoms with E-state index in [1.807, 2.05) is 0 Å². The minimum atomic E-state index is -0.912. The van der Waals surface area contributed by atoms with E-state index in [2.05, 4.69) is 10.6 Å². The molecular formula is C12H14N2O3S. The van der Waals surface area contributed by atoms with Crippen molar-refractivity contribution in [2.45, 2.75) is 6.42 Å². The molecule has 0 spiro atoms. The number of anilines is 1. The minimum absolute atomic E-state index is 0.0519. The molecule has 1 aliphatic heterocycles. The molecule has 1 atom stereocenters. The van der Waals surface area contributed by atoms with Gasteiger partial charge in [0.05, 0.1) is 6.42 Å². The van der Waals surface area contributed by atoms with Gasteiger partial charge >= 0.3 is 0 Å². The second kappa shape index (κ2) is 5.30. The first-order chi connectivity index (χ1) is 8.56. The van der Waals surface area contributed by atoms with Gasteiger partial charge in [0.25, 0.3) is 5.91 Å². The van der Waals surface area contributed by atoms with Crippen LogP contribution < -0.4 is 10.6 Å². The Morgan fingerprint density at radius 3 is 3.00 bits per heavy atom. The first kappa shape index (κ1) is 12.8. The summed E-state index contributed by atoms with van der Waals surface area (Å²) in [5.74, 6) is 0.183. The van der Waals surface area contributed by atoms with Crippen LogP contribution in [0.1, 0.15) is 15.9 Å². The van der Waals surface area contributed by atoms with Crippen LogP contribution in [-0.2, 0) is 22.0 Å². The minimum Gasteiger partial charge on any atom is -0.351 e. The fourth-order valence-corrected chi connectivity index (χ4v) is 2.17. The smallest absolute Gasteiger partial charge is 0.251 e. The maximum atomic E-state index is 11.8. The van der Waals surface area contributed by atoms with Crippen molar-refractivity contribution in [1.29, 1.82) is 0 Å². The van der Waals surface area contributed by atoms with Gasteiger partial charge in [0, 0.05) is 40.6 Å². The lowest BCUT2D eigenvalue weighted by Gasteiger charge is -2.05. The fourth-order valence-electron chi connectivity index (χ4n) is 1.78. The Bertz CT molecular complexity index is 528. The molecule has 6 heteroatoms. The largest absolute Gasteiger partial charge is 0.351 e. The van der Waals surface area contributed by atoms with E-state index in [0.717, 1.165) is 11.3 Å². The average Bonchev–Trinajstić information content (AvgIpc) is 2.67. The van der Waals surface area contributed by atoms with Crippen LogP contribution in [0.3, 0.4) is 0 Å². The third-order valence-electron chi connectivity index (χ3n) is 2.67. The van der Waals surface area contributed by atoms with Crippen LogP contribution in [0.5, 0.6) is 0 Å². The van der Waals surface area contributed by atoms with Crippen LogP contribution in [-0.4, -0.2) is 34.6 Å². The highest BCUT2D eigenvalue weighted by Crippen LogP contribution is 2.23. The summed E-state index contributed by atoms with van der Waals surface area (Å²) in [5.41, 5.74) is 2.13. The highest BCUT2D eigenvalue weighted by atomic mass is 32.2. The van der Waals surface area contributed by atoms with Crippen molar-refractivity contribution in [2.24, 2.45) is 0 Å². The number of rotatable bonds is 4. The van der Waals surface area contributed by atoms with Gasteiger partial charge in [0.2, 0.25) is 5.91 Å². The summed E-state index contributed by atoms with van der Waals surface area (Å²) < 4.78 is 10.9. The number of hydrogen-bond donors (Lipinski definition) is 2. The summed E-state index contributed by atoms with van der Waals surface area (Å²) in [6.45, 7) is 0.385. The van der Waals surface area contributed by atoms with Gasteiger partial charge in [-0.05, 0) is 23.8 Å².